The van der Waals surface area contributed by atoms with Crippen LogP contribution in [0.25, 0.3) is 0 Å². The molecule has 3 atom stereocenters. The molecular weight excluding hydrogens is 440 g/mol. The van der Waals surface area contributed by atoms with E-state index in [0.717, 1.165) is 38.5 Å². The number of carbonyl (C=O) groups is 4. The molecule has 2 fully saturated rings. The number of esters is 3. The van der Waals surface area contributed by atoms with Crippen molar-refractivity contribution in [2.24, 2.45) is 22.7 Å². The van der Waals surface area contributed by atoms with Crippen molar-refractivity contribution in [3.05, 3.63) is 0 Å². The minimum absolute atomic E-state index is 0.0400. The molecule has 0 bridgehead atoms. The Labute approximate surface area is 203 Å². The quantitative estimate of drug-likeness (QED) is 0.256. The maximum atomic E-state index is 13.0. The lowest BCUT2D eigenvalue weighted by Gasteiger charge is -2.35. The molecule has 0 aromatic carbocycles. The molecular formula is C26H42O8. The zero-order valence-electron chi connectivity index (χ0n) is 21.2. The third-order valence-corrected chi connectivity index (χ3v) is 7.43. The Balaban J connectivity index is 1.82. The van der Waals surface area contributed by atoms with Gasteiger partial charge in [0.1, 0.15) is 19.3 Å². The molecule has 1 N–H and O–H groups in total. The van der Waals surface area contributed by atoms with Crippen LogP contribution in [0.5, 0.6) is 0 Å². The molecule has 0 amide bonds. The van der Waals surface area contributed by atoms with Crippen LogP contribution in [0.1, 0.15) is 98.3 Å². The number of carboxylic acids is 1. The first-order chi connectivity index (χ1) is 16.0. The predicted octanol–water partition coefficient (Wildman–Crippen LogP) is 4.67. The van der Waals surface area contributed by atoms with Crippen molar-refractivity contribution < 1.29 is 38.5 Å². The average molecular weight is 483 g/mol. The third-order valence-electron chi connectivity index (χ3n) is 7.43. The highest BCUT2D eigenvalue weighted by Crippen LogP contribution is 2.39. The molecule has 2 rings (SSSR count). The molecule has 3 unspecified atom stereocenters. The van der Waals surface area contributed by atoms with Gasteiger partial charge in [-0.15, -0.1) is 0 Å². The molecule has 34 heavy (non-hydrogen) atoms. The first-order valence-corrected chi connectivity index (χ1v) is 12.8. The van der Waals surface area contributed by atoms with Crippen molar-refractivity contribution in [2.75, 3.05) is 13.2 Å². The summed E-state index contributed by atoms with van der Waals surface area (Å²) in [5.74, 6) is -3.64. The van der Waals surface area contributed by atoms with Gasteiger partial charge in [-0.2, -0.15) is 0 Å². The normalized spacial score (nSPS) is 23.4. The SMILES string of the molecule is CCC(C)(CC(C)(C)C(=O)OCCOC(=O)C1CCCCC1C(=O)O)C(=O)OC1CCCCC1. The van der Waals surface area contributed by atoms with Crippen LogP contribution in [0.3, 0.4) is 0 Å². The van der Waals surface area contributed by atoms with Crippen LogP contribution in [0.15, 0.2) is 0 Å². The van der Waals surface area contributed by atoms with E-state index in [2.05, 4.69) is 0 Å². The van der Waals surface area contributed by atoms with E-state index in [1.807, 2.05) is 13.8 Å². The standard InChI is InChI=1S/C26H42O8/c1-5-26(4,24(31)34-18-11-7-6-8-12-18)17-25(2,3)23(30)33-16-15-32-22(29)20-14-10-9-13-19(20)21(27)28/h18-20H,5-17H2,1-4H3,(H,27,28). The van der Waals surface area contributed by atoms with E-state index in [1.54, 1.807) is 13.8 Å². The summed E-state index contributed by atoms with van der Waals surface area (Å²) in [4.78, 5) is 49.4. The largest absolute Gasteiger partial charge is 0.481 e. The van der Waals surface area contributed by atoms with Gasteiger partial charge in [0.15, 0.2) is 0 Å². The number of carboxylic acid groups (broad SMARTS) is 1. The molecule has 194 valence electrons. The Kier molecular flexibility index (Phi) is 10.4. The van der Waals surface area contributed by atoms with Gasteiger partial charge in [-0.25, -0.2) is 0 Å². The fourth-order valence-electron chi connectivity index (χ4n) is 5.15. The second kappa shape index (κ2) is 12.5. The maximum Gasteiger partial charge on any atom is 0.312 e. The van der Waals surface area contributed by atoms with Gasteiger partial charge in [0, 0.05) is 0 Å². The zero-order chi connectivity index (χ0) is 25.4. The first-order valence-electron chi connectivity index (χ1n) is 12.8. The van der Waals surface area contributed by atoms with E-state index < -0.39 is 40.6 Å². The van der Waals surface area contributed by atoms with Crippen LogP contribution in [0.2, 0.25) is 0 Å². The lowest BCUT2D eigenvalue weighted by atomic mass is 9.72. The molecule has 0 heterocycles. The Bertz CT molecular complexity index is 724. The van der Waals surface area contributed by atoms with Crippen molar-refractivity contribution in [1.29, 1.82) is 0 Å². The summed E-state index contributed by atoms with van der Waals surface area (Å²) >= 11 is 0. The molecule has 0 saturated heterocycles. The van der Waals surface area contributed by atoms with Crippen molar-refractivity contribution in [3.63, 3.8) is 0 Å². The van der Waals surface area contributed by atoms with Gasteiger partial charge in [0.2, 0.25) is 0 Å². The summed E-state index contributed by atoms with van der Waals surface area (Å²) in [5.41, 5.74) is -1.74. The van der Waals surface area contributed by atoms with Gasteiger partial charge in [0.05, 0.1) is 22.7 Å². The Hall–Kier alpha value is -2.12. The summed E-state index contributed by atoms with van der Waals surface area (Å²) in [7, 11) is 0. The summed E-state index contributed by atoms with van der Waals surface area (Å²) in [6.07, 6.45) is 8.43. The predicted molar refractivity (Wildman–Crippen MR) is 125 cm³/mol. The van der Waals surface area contributed by atoms with Crippen LogP contribution in [-0.2, 0) is 33.4 Å². The van der Waals surface area contributed by atoms with Crippen molar-refractivity contribution in [3.8, 4) is 0 Å². The Morgan fingerprint density at radius 2 is 1.35 bits per heavy atom. The van der Waals surface area contributed by atoms with Crippen LogP contribution in [-0.4, -0.2) is 48.3 Å². The maximum absolute atomic E-state index is 13.0. The molecule has 2 aliphatic carbocycles. The molecule has 8 nitrogen and oxygen atoms in total. The van der Waals surface area contributed by atoms with Gasteiger partial charge >= 0.3 is 23.9 Å². The Morgan fingerprint density at radius 3 is 1.94 bits per heavy atom. The molecule has 0 radical (unpaired) electrons. The van der Waals surface area contributed by atoms with Gasteiger partial charge in [-0.3, -0.25) is 19.2 Å². The number of aliphatic carboxylic acids is 1. The molecule has 0 aromatic rings. The smallest absolute Gasteiger partial charge is 0.312 e. The summed E-state index contributed by atoms with van der Waals surface area (Å²) < 4.78 is 16.4. The Morgan fingerprint density at radius 1 is 0.794 bits per heavy atom. The highest BCUT2D eigenvalue weighted by Gasteiger charge is 2.43. The van der Waals surface area contributed by atoms with Crippen LogP contribution >= 0.6 is 0 Å². The number of rotatable bonds is 11. The van der Waals surface area contributed by atoms with E-state index in [4.69, 9.17) is 14.2 Å². The average Bonchev–Trinajstić information content (AvgIpc) is 2.81. The van der Waals surface area contributed by atoms with Crippen LogP contribution in [0.4, 0.5) is 0 Å². The van der Waals surface area contributed by atoms with Crippen LogP contribution < -0.4 is 0 Å². The van der Waals surface area contributed by atoms with E-state index in [-0.39, 0.29) is 31.7 Å². The lowest BCUT2D eigenvalue weighted by Crippen LogP contribution is -2.40. The van der Waals surface area contributed by atoms with Crippen molar-refractivity contribution in [1.82, 2.24) is 0 Å². The zero-order valence-corrected chi connectivity index (χ0v) is 21.2. The first kappa shape index (κ1) is 28.1. The fraction of sp³-hybridized carbons (Fsp3) is 0.846. The summed E-state index contributed by atoms with van der Waals surface area (Å²) in [6, 6.07) is 0. The highest BCUT2D eigenvalue weighted by molar-refractivity contribution is 5.82. The third kappa shape index (κ3) is 7.70. The second-order valence-corrected chi connectivity index (χ2v) is 10.8. The summed E-state index contributed by atoms with van der Waals surface area (Å²) in [5, 5.41) is 9.33. The highest BCUT2D eigenvalue weighted by atomic mass is 16.6. The fourth-order valence-corrected chi connectivity index (χ4v) is 5.15. The molecule has 2 saturated carbocycles. The monoisotopic (exact) mass is 482 g/mol. The van der Waals surface area contributed by atoms with Gasteiger partial charge < -0.3 is 19.3 Å². The topological polar surface area (TPSA) is 116 Å². The van der Waals surface area contributed by atoms with Crippen LogP contribution in [0, 0.1) is 22.7 Å². The van der Waals surface area contributed by atoms with Gasteiger partial charge in [-0.05, 0) is 72.1 Å². The minimum atomic E-state index is -0.976. The van der Waals surface area contributed by atoms with Crippen molar-refractivity contribution in [2.45, 2.75) is 104 Å². The number of hydrogen-bond donors (Lipinski definition) is 1. The van der Waals surface area contributed by atoms with Gasteiger partial charge in [0.25, 0.3) is 0 Å². The van der Waals surface area contributed by atoms with E-state index in [9.17, 15) is 24.3 Å². The minimum Gasteiger partial charge on any atom is -0.481 e. The van der Waals surface area contributed by atoms with Gasteiger partial charge in [-0.1, -0.05) is 26.2 Å². The second-order valence-electron chi connectivity index (χ2n) is 10.8. The number of hydrogen-bond acceptors (Lipinski definition) is 7. The molecule has 0 spiro atoms. The van der Waals surface area contributed by atoms with Crippen molar-refractivity contribution >= 4 is 23.9 Å². The molecule has 0 aliphatic heterocycles. The molecule has 0 aromatic heterocycles. The molecule has 8 heteroatoms. The number of ether oxygens (including phenoxy) is 3. The lowest BCUT2D eigenvalue weighted by molar-refractivity contribution is -0.170. The van der Waals surface area contributed by atoms with E-state index in [1.165, 1.54) is 6.42 Å². The number of carbonyl (C=O) groups excluding carboxylic acids is 3. The summed E-state index contributed by atoms with van der Waals surface area (Å²) in [6.45, 7) is 6.98. The molecule has 2 aliphatic rings. The van der Waals surface area contributed by atoms with E-state index in [0.29, 0.717) is 19.3 Å². The van der Waals surface area contributed by atoms with E-state index >= 15 is 0 Å².